The van der Waals surface area contributed by atoms with E-state index >= 15 is 0 Å². The molecular weight excluding hydrogens is 152 g/mol. The normalized spacial score (nSPS) is 19.4. The van der Waals surface area contributed by atoms with Crippen molar-refractivity contribution >= 4 is 0 Å². The van der Waals surface area contributed by atoms with Gasteiger partial charge in [0, 0.05) is 0 Å². The third-order valence-corrected chi connectivity index (χ3v) is 2.15. The second-order valence-corrected chi connectivity index (χ2v) is 3.21. The second-order valence-electron chi connectivity index (χ2n) is 3.21. The molecule has 0 spiro atoms. The molecule has 0 fully saturated rings. The highest BCUT2D eigenvalue weighted by atomic mass is 16.3. The van der Waals surface area contributed by atoms with Crippen LogP contribution in [0, 0.1) is 0 Å². The van der Waals surface area contributed by atoms with Crippen LogP contribution in [-0.4, -0.2) is 21.9 Å². The van der Waals surface area contributed by atoms with Gasteiger partial charge in [0.15, 0.2) is 0 Å². The molecule has 0 amide bonds. The molecule has 0 aromatic carbocycles. The van der Waals surface area contributed by atoms with Crippen molar-refractivity contribution in [2.75, 3.05) is 0 Å². The van der Waals surface area contributed by atoms with E-state index in [9.17, 15) is 10.2 Å². The molecule has 0 radical (unpaired) electrons. The summed E-state index contributed by atoms with van der Waals surface area (Å²) in [6.07, 6.45) is 5.50. The van der Waals surface area contributed by atoms with E-state index in [1.165, 1.54) is 0 Å². The summed E-state index contributed by atoms with van der Waals surface area (Å²) in [5.74, 6) is 0. The van der Waals surface area contributed by atoms with Crippen molar-refractivity contribution in [3.8, 4) is 0 Å². The van der Waals surface area contributed by atoms with Gasteiger partial charge in [-0.15, -0.1) is 0 Å². The number of hydrogen-bond donors (Lipinski definition) is 2. The van der Waals surface area contributed by atoms with Gasteiger partial charge in [-0.2, -0.15) is 0 Å². The van der Waals surface area contributed by atoms with Gasteiger partial charge in [0.2, 0.25) is 0 Å². The van der Waals surface area contributed by atoms with Crippen LogP contribution in [0.15, 0.2) is 12.2 Å². The summed E-state index contributed by atoms with van der Waals surface area (Å²) in [6, 6.07) is 0. The fourth-order valence-electron chi connectivity index (χ4n) is 1.01. The molecule has 72 valence electrons. The van der Waals surface area contributed by atoms with E-state index in [2.05, 4.69) is 6.92 Å². The Morgan fingerprint density at radius 1 is 1.42 bits per heavy atom. The Balaban J connectivity index is 4.13. The molecule has 0 aliphatic carbocycles. The maximum atomic E-state index is 9.79. The Kier molecular flexibility index (Phi) is 5.18. The van der Waals surface area contributed by atoms with Gasteiger partial charge in [0.05, 0.1) is 6.10 Å². The Hall–Kier alpha value is -0.340. The molecule has 2 atom stereocenters. The second kappa shape index (κ2) is 5.33. The van der Waals surface area contributed by atoms with Gasteiger partial charge < -0.3 is 10.2 Å². The Morgan fingerprint density at radius 3 is 2.33 bits per heavy atom. The summed E-state index contributed by atoms with van der Waals surface area (Å²) in [6.45, 7) is 5.56. The molecule has 0 aliphatic rings. The van der Waals surface area contributed by atoms with Crippen molar-refractivity contribution in [2.24, 2.45) is 0 Å². The first-order valence-electron chi connectivity index (χ1n) is 4.65. The van der Waals surface area contributed by atoms with E-state index in [4.69, 9.17) is 0 Å². The smallest absolute Gasteiger partial charge is 0.108 e. The van der Waals surface area contributed by atoms with Crippen LogP contribution in [0.5, 0.6) is 0 Å². The van der Waals surface area contributed by atoms with E-state index in [1.54, 1.807) is 13.0 Å². The molecule has 0 aromatic heterocycles. The van der Waals surface area contributed by atoms with Crippen LogP contribution in [0.4, 0.5) is 0 Å². The molecule has 2 N–H and O–H groups in total. The lowest BCUT2D eigenvalue weighted by Gasteiger charge is -2.26. The van der Waals surface area contributed by atoms with Crippen LogP contribution in [0.1, 0.15) is 40.0 Å². The largest absolute Gasteiger partial charge is 0.390 e. The Bertz CT molecular complexity index is 141. The fourth-order valence-corrected chi connectivity index (χ4v) is 1.01. The number of unbranched alkanes of at least 4 members (excludes halogenated alkanes) is 1. The molecular formula is C10H20O2. The minimum absolute atomic E-state index is 0.547. The molecule has 0 bridgehead atoms. The molecule has 12 heavy (non-hydrogen) atoms. The van der Waals surface area contributed by atoms with Crippen molar-refractivity contribution in [1.29, 1.82) is 0 Å². The molecule has 2 heteroatoms. The summed E-state index contributed by atoms with van der Waals surface area (Å²) < 4.78 is 0. The highest BCUT2D eigenvalue weighted by Gasteiger charge is 2.26. The number of rotatable bonds is 5. The van der Waals surface area contributed by atoms with Gasteiger partial charge in [-0.1, -0.05) is 32.4 Å². The number of aliphatic hydroxyl groups is 2. The van der Waals surface area contributed by atoms with Crippen LogP contribution in [0.2, 0.25) is 0 Å². The highest BCUT2D eigenvalue weighted by molar-refractivity contribution is 5.03. The molecule has 0 rings (SSSR count). The van der Waals surface area contributed by atoms with Crippen molar-refractivity contribution in [3.05, 3.63) is 12.2 Å². The maximum Gasteiger partial charge on any atom is 0.108 e. The van der Waals surface area contributed by atoms with Gasteiger partial charge in [0.1, 0.15) is 5.60 Å². The van der Waals surface area contributed by atoms with E-state index in [0.29, 0.717) is 6.42 Å². The summed E-state index contributed by atoms with van der Waals surface area (Å²) >= 11 is 0. The monoisotopic (exact) mass is 172 g/mol. The standard InChI is InChI=1S/C10H20O2/c1-4-6-7-8-10(12,5-2)9(3)11/h7-9,11-12H,4-6H2,1-3H3/b8-7+. The molecule has 0 saturated carbocycles. The molecule has 2 nitrogen and oxygen atoms in total. The molecule has 0 heterocycles. The summed E-state index contributed by atoms with van der Waals surface area (Å²) in [7, 11) is 0. The lowest BCUT2D eigenvalue weighted by atomic mass is 9.94. The van der Waals surface area contributed by atoms with Crippen LogP contribution < -0.4 is 0 Å². The first kappa shape index (κ1) is 11.7. The average molecular weight is 172 g/mol. The number of aliphatic hydroxyl groups excluding tert-OH is 1. The van der Waals surface area contributed by atoms with Crippen LogP contribution in [0.3, 0.4) is 0 Å². The average Bonchev–Trinajstić information content (AvgIpc) is 2.04. The molecule has 0 aliphatic heterocycles. The molecule has 0 saturated heterocycles. The fraction of sp³-hybridized carbons (Fsp3) is 0.800. The predicted octanol–water partition coefficient (Wildman–Crippen LogP) is 1.86. The first-order valence-corrected chi connectivity index (χ1v) is 4.65. The number of hydrogen-bond acceptors (Lipinski definition) is 2. The topological polar surface area (TPSA) is 40.5 Å². The van der Waals surface area contributed by atoms with Crippen LogP contribution >= 0.6 is 0 Å². The Labute approximate surface area is 74.9 Å². The summed E-state index contributed by atoms with van der Waals surface area (Å²) in [5, 5.41) is 19.1. The van der Waals surface area contributed by atoms with Crippen molar-refractivity contribution in [1.82, 2.24) is 0 Å². The minimum atomic E-state index is -1.03. The van der Waals surface area contributed by atoms with Gasteiger partial charge in [-0.3, -0.25) is 0 Å². The van der Waals surface area contributed by atoms with Crippen LogP contribution in [0.25, 0.3) is 0 Å². The summed E-state index contributed by atoms with van der Waals surface area (Å²) in [4.78, 5) is 0. The quantitative estimate of drug-likeness (QED) is 0.621. The molecule has 2 unspecified atom stereocenters. The number of allylic oxidation sites excluding steroid dienone is 1. The lowest BCUT2D eigenvalue weighted by Crippen LogP contribution is -2.37. The lowest BCUT2D eigenvalue weighted by molar-refractivity contribution is -0.0316. The predicted molar refractivity (Wildman–Crippen MR) is 51.0 cm³/mol. The van der Waals surface area contributed by atoms with E-state index in [0.717, 1.165) is 12.8 Å². The SMILES string of the molecule is CCC/C=C/C(O)(CC)C(C)O. The first-order chi connectivity index (χ1) is 5.56. The van der Waals surface area contributed by atoms with Gasteiger partial charge in [-0.05, 0) is 19.8 Å². The zero-order valence-corrected chi connectivity index (χ0v) is 8.25. The summed E-state index contributed by atoms with van der Waals surface area (Å²) in [5.41, 5.74) is -1.03. The van der Waals surface area contributed by atoms with Gasteiger partial charge >= 0.3 is 0 Å². The van der Waals surface area contributed by atoms with Gasteiger partial charge in [-0.25, -0.2) is 0 Å². The maximum absolute atomic E-state index is 9.79. The zero-order chi connectivity index (χ0) is 9.61. The Morgan fingerprint density at radius 2 is 2.00 bits per heavy atom. The van der Waals surface area contributed by atoms with E-state index in [1.807, 2.05) is 13.0 Å². The van der Waals surface area contributed by atoms with E-state index in [-0.39, 0.29) is 0 Å². The van der Waals surface area contributed by atoms with Crippen molar-refractivity contribution < 1.29 is 10.2 Å². The zero-order valence-electron chi connectivity index (χ0n) is 8.25. The molecule has 0 aromatic rings. The third-order valence-electron chi connectivity index (χ3n) is 2.15. The van der Waals surface area contributed by atoms with Crippen molar-refractivity contribution in [3.63, 3.8) is 0 Å². The minimum Gasteiger partial charge on any atom is -0.390 e. The van der Waals surface area contributed by atoms with E-state index < -0.39 is 11.7 Å². The van der Waals surface area contributed by atoms with Crippen molar-refractivity contribution in [2.45, 2.75) is 51.7 Å². The van der Waals surface area contributed by atoms with Crippen LogP contribution in [-0.2, 0) is 0 Å². The highest BCUT2D eigenvalue weighted by Crippen LogP contribution is 2.17. The third kappa shape index (κ3) is 3.37. The van der Waals surface area contributed by atoms with Gasteiger partial charge in [0.25, 0.3) is 0 Å².